The zero-order valence-corrected chi connectivity index (χ0v) is 22.0. The Kier molecular flexibility index (Phi) is 9.25. The number of rotatable bonds is 6. The molecule has 1 N–H and O–H groups in total. The molecule has 0 radical (unpaired) electrons. The molecule has 194 valence electrons. The molecular formula is C25H32F3N7S. The van der Waals surface area contributed by atoms with Gasteiger partial charge < -0.3 is 20.0 Å². The van der Waals surface area contributed by atoms with Crippen molar-refractivity contribution < 1.29 is 13.2 Å². The minimum atomic E-state index is -4.32. The number of aryl methyl sites for hydroxylation is 1. The van der Waals surface area contributed by atoms with Gasteiger partial charge in [0.2, 0.25) is 5.95 Å². The maximum Gasteiger partial charge on any atom is 0.446 e. The van der Waals surface area contributed by atoms with Gasteiger partial charge in [-0.3, -0.25) is 0 Å². The van der Waals surface area contributed by atoms with E-state index in [0.29, 0.717) is 23.0 Å². The van der Waals surface area contributed by atoms with Gasteiger partial charge in [-0.05, 0) is 54.6 Å². The smallest absolute Gasteiger partial charge is 0.363 e. The largest absolute Gasteiger partial charge is 0.446 e. The Morgan fingerprint density at radius 2 is 1.64 bits per heavy atom. The lowest BCUT2D eigenvalue weighted by Gasteiger charge is -2.35. The third-order valence-corrected chi connectivity index (χ3v) is 6.28. The van der Waals surface area contributed by atoms with Gasteiger partial charge in [0.15, 0.2) is 0 Å². The number of alkyl halides is 3. The number of halogens is 3. The van der Waals surface area contributed by atoms with Crippen LogP contribution in [0.4, 0.5) is 42.3 Å². The Hall–Kier alpha value is -3.21. The highest BCUT2D eigenvalue weighted by molar-refractivity contribution is 8.00. The van der Waals surface area contributed by atoms with E-state index in [1.54, 1.807) is 25.3 Å². The van der Waals surface area contributed by atoms with Gasteiger partial charge >= 0.3 is 5.51 Å². The highest BCUT2D eigenvalue weighted by Crippen LogP contribution is 2.39. The molecule has 3 aromatic rings. The first-order valence-corrected chi connectivity index (χ1v) is 12.6. The van der Waals surface area contributed by atoms with Crippen molar-refractivity contribution in [2.24, 2.45) is 0 Å². The highest BCUT2D eigenvalue weighted by atomic mass is 32.2. The fraction of sp³-hybridized carbons (Fsp3) is 0.400. The Morgan fingerprint density at radius 1 is 0.944 bits per heavy atom. The van der Waals surface area contributed by atoms with Crippen molar-refractivity contribution in [3.8, 4) is 0 Å². The molecule has 1 saturated heterocycles. The molecule has 0 saturated carbocycles. The van der Waals surface area contributed by atoms with E-state index < -0.39 is 5.51 Å². The molecule has 36 heavy (non-hydrogen) atoms. The minimum Gasteiger partial charge on any atom is -0.363 e. The number of hydrogen-bond donors (Lipinski definition) is 1. The second kappa shape index (κ2) is 12.2. The van der Waals surface area contributed by atoms with Crippen molar-refractivity contribution in [1.82, 2.24) is 15.0 Å². The van der Waals surface area contributed by atoms with Crippen molar-refractivity contribution in [3.05, 3.63) is 54.2 Å². The first kappa shape index (κ1) is 27.4. The van der Waals surface area contributed by atoms with E-state index in [9.17, 15) is 13.2 Å². The van der Waals surface area contributed by atoms with Crippen LogP contribution in [0.3, 0.4) is 0 Å². The highest BCUT2D eigenvalue weighted by Gasteiger charge is 2.30. The van der Waals surface area contributed by atoms with Crippen molar-refractivity contribution in [3.63, 3.8) is 0 Å². The maximum absolute atomic E-state index is 12.7. The maximum atomic E-state index is 12.7. The van der Waals surface area contributed by atoms with Gasteiger partial charge in [0.1, 0.15) is 17.5 Å². The molecule has 0 spiro atoms. The summed E-state index contributed by atoms with van der Waals surface area (Å²) in [5.74, 6) is 2.88. The van der Waals surface area contributed by atoms with E-state index in [1.165, 1.54) is 6.07 Å². The SMILES string of the molecule is CC.Cc1cc(Nc2cc(N(C)C)nc(N3CCN(c4ccccn4)CC3)n2)ccc1SC(F)(F)F. The van der Waals surface area contributed by atoms with Crippen LogP contribution in [-0.2, 0) is 0 Å². The van der Waals surface area contributed by atoms with Crippen LogP contribution in [0.5, 0.6) is 0 Å². The van der Waals surface area contributed by atoms with E-state index in [2.05, 4.69) is 20.1 Å². The molecule has 0 amide bonds. The average Bonchev–Trinajstić information content (AvgIpc) is 2.87. The molecule has 0 atom stereocenters. The van der Waals surface area contributed by atoms with E-state index in [4.69, 9.17) is 9.97 Å². The standard InChI is InChI=1S/C23H26F3N7S.C2H6/c1-16-14-17(7-8-18(16)34-23(24,25)26)28-19-15-21(31(2)3)30-22(29-19)33-12-10-32(11-13-33)20-6-4-5-9-27-20;1-2/h4-9,14-15H,10-13H2,1-3H3,(H,28,29,30);1-2H3. The van der Waals surface area contributed by atoms with Crippen LogP contribution in [0.2, 0.25) is 0 Å². The molecule has 0 unspecified atom stereocenters. The van der Waals surface area contributed by atoms with Crippen molar-refractivity contribution in [1.29, 1.82) is 0 Å². The fourth-order valence-corrected chi connectivity index (χ4v) is 4.25. The number of thioether (sulfide) groups is 1. The Morgan fingerprint density at radius 3 is 2.22 bits per heavy atom. The van der Waals surface area contributed by atoms with E-state index >= 15 is 0 Å². The molecule has 7 nitrogen and oxygen atoms in total. The average molecular weight is 520 g/mol. The summed E-state index contributed by atoms with van der Waals surface area (Å²) in [5, 5.41) is 3.23. The molecule has 0 bridgehead atoms. The second-order valence-electron chi connectivity index (χ2n) is 8.12. The predicted octanol–water partition coefficient (Wildman–Crippen LogP) is 5.95. The first-order chi connectivity index (χ1) is 17.2. The zero-order chi connectivity index (χ0) is 26.3. The summed E-state index contributed by atoms with van der Waals surface area (Å²) in [6, 6.07) is 12.5. The number of nitrogens with one attached hydrogen (secondary N) is 1. The Labute approximate surface area is 214 Å². The van der Waals surface area contributed by atoms with Gasteiger partial charge in [0.25, 0.3) is 0 Å². The summed E-state index contributed by atoms with van der Waals surface area (Å²) in [5.41, 5.74) is -3.11. The van der Waals surface area contributed by atoms with E-state index in [0.717, 1.165) is 37.8 Å². The van der Waals surface area contributed by atoms with E-state index in [1.807, 2.05) is 57.1 Å². The first-order valence-electron chi connectivity index (χ1n) is 11.8. The van der Waals surface area contributed by atoms with Gasteiger partial charge in [0, 0.05) is 63.1 Å². The molecule has 1 aliphatic heterocycles. The van der Waals surface area contributed by atoms with E-state index in [-0.39, 0.29) is 16.7 Å². The number of benzene rings is 1. The molecule has 2 aromatic heterocycles. The van der Waals surface area contributed by atoms with Crippen molar-refractivity contribution in [2.75, 3.05) is 60.3 Å². The van der Waals surface area contributed by atoms with Crippen LogP contribution >= 0.6 is 11.8 Å². The summed E-state index contributed by atoms with van der Waals surface area (Å²) in [6.45, 7) is 8.75. The summed E-state index contributed by atoms with van der Waals surface area (Å²) in [7, 11) is 3.81. The Balaban J connectivity index is 0.00000176. The number of pyridine rings is 1. The van der Waals surface area contributed by atoms with Gasteiger partial charge in [-0.1, -0.05) is 19.9 Å². The molecule has 0 aliphatic carbocycles. The van der Waals surface area contributed by atoms with Crippen LogP contribution in [0.1, 0.15) is 19.4 Å². The van der Waals surface area contributed by atoms with Crippen molar-refractivity contribution >= 4 is 40.9 Å². The number of hydrogen-bond acceptors (Lipinski definition) is 8. The third kappa shape index (κ3) is 7.39. The number of piperazine rings is 1. The predicted molar refractivity (Wildman–Crippen MR) is 143 cm³/mol. The summed E-state index contributed by atoms with van der Waals surface area (Å²) < 4.78 is 38.2. The van der Waals surface area contributed by atoms with Crippen molar-refractivity contribution in [2.45, 2.75) is 31.2 Å². The summed E-state index contributed by atoms with van der Waals surface area (Å²) in [4.78, 5) is 20.3. The van der Waals surface area contributed by atoms with Crippen LogP contribution in [0.15, 0.2) is 53.6 Å². The normalized spacial score (nSPS) is 13.7. The van der Waals surface area contributed by atoms with Crippen LogP contribution < -0.4 is 20.0 Å². The molecule has 1 aromatic carbocycles. The molecule has 1 aliphatic rings. The zero-order valence-electron chi connectivity index (χ0n) is 21.2. The van der Waals surface area contributed by atoms with Crippen LogP contribution in [0.25, 0.3) is 0 Å². The quantitative estimate of drug-likeness (QED) is 0.401. The fourth-order valence-electron chi connectivity index (χ4n) is 3.65. The molecule has 11 heteroatoms. The van der Waals surface area contributed by atoms with Gasteiger partial charge in [-0.25, -0.2) is 4.98 Å². The number of aromatic nitrogens is 3. The lowest BCUT2D eigenvalue weighted by Crippen LogP contribution is -2.47. The van der Waals surface area contributed by atoms with Crippen LogP contribution in [0, 0.1) is 6.92 Å². The van der Waals surface area contributed by atoms with Gasteiger partial charge in [-0.2, -0.15) is 23.1 Å². The van der Waals surface area contributed by atoms with Gasteiger partial charge in [-0.15, -0.1) is 0 Å². The molecular weight excluding hydrogens is 487 g/mol. The molecule has 3 heterocycles. The lowest BCUT2D eigenvalue weighted by atomic mass is 10.2. The molecule has 1 fully saturated rings. The minimum absolute atomic E-state index is 0.107. The second-order valence-corrected chi connectivity index (χ2v) is 9.23. The third-order valence-electron chi connectivity index (χ3n) is 5.37. The van der Waals surface area contributed by atoms with Gasteiger partial charge in [0.05, 0.1) is 0 Å². The topological polar surface area (TPSA) is 60.4 Å². The van der Waals surface area contributed by atoms with Crippen LogP contribution in [-0.4, -0.2) is 60.7 Å². The lowest BCUT2D eigenvalue weighted by molar-refractivity contribution is -0.0328. The number of nitrogens with zero attached hydrogens (tertiary/aromatic N) is 6. The monoisotopic (exact) mass is 519 g/mol. The summed E-state index contributed by atoms with van der Waals surface area (Å²) in [6.07, 6.45) is 1.79. The number of anilines is 5. The summed E-state index contributed by atoms with van der Waals surface area (Å²) >= 11 is -0.107. The Bertz CT molecular complexity index is 1120. The molecule has 4 rings (SSSR count).